The maximum atomic E-state index is 12.8. The van der Waals surface area contributed by atoms with E-state index >= 15 is 0 Å². The summed E-state index contributed by atoms with van der Waals surface area (Å²) in [4.78, 5) is 15.8. The van der Waals surface area contributed by atoms with E-state index in [1.807, 2.05) is 0 Å². The third kappa shape index (κ3) is 3.74. The fourth-order valence-electron chi connectivity index (χ4n) is 1.62. The van der Waals surface area contributed by atoms with Crippen molar-refractivity contribution in [3.05, 3.63) is 57.3 Å². The van der Waals surface area contributed by atoms with Crippen LogP contribution in [0.15, 0.2) is 41.0 Å². The molecule has 0 aliphatic heterocycles. The Kier molecular flexibility index (Phi) is 4.53. The Hall–Kier alpha value is -1.60. The lowest BCUT2D eigenvalue weighted by molar-refractivity contribution is -0.137. The molecule has 3 nitrogen and oxygen atoms in total. The van der Waals surface area contributed by atoms with E-state index in [2.05, 4.69) is 26.2 Å². The van der Waals surface area contributed by atoms with E-state index in [-0.39, 0.29) is 10.8 Å². The monoisotopic (exact) mass is 378 g/mol. The van der Waals surface area contributed by atoms with Crippen molar-refractivity contribution in [3.8, 4) is 0 Å². The number of aromatic nitrogens is 1. The number of amides is 1. The smallest absolute Gasteiger partial charge is 0.321 e. The molecule has 1 heterocycles. The van der Waals surface area contributed by atoms with Crippen LogP contribution in [-0.2, 0) is 6.18 Å². The molecule has 0 saturated heterocycles. The molecule has 0 atom stereocenters. The highest BCUT2D eigenvalue weighted by atomic mass is 79.9. The van der Waals surface area contributed by atoms with Gasteiger partial charge in [0, 0.05) is 0 Å². The van der Waals surface area contributed by atoms with Crippen LogP contribution < -0.4 is 5.32 Å². The van der Waals surface area contributed by atoms with Gasteiger partial charge in [-0.15, -0.1) is 0 Å². The first-order valence-electron chi connectivity index (χ1n) is 5.57. The zero-order valence-corrected chi connectivity index (χ0v) is 12.6. The zero-order chi connectivity index (χ0) is 15.6. The normalized spacial score (nSPS) is 11.3. The second kappa shape index (κ2) is 6.03. The number of anilines is 1. The van der Waals surface area contributed by atoms with Gasteiger partial charge in [0.25, 0.3) is 5.91 Å². The van der Waals surface area contributed by atoms with E-state index in [9.17, 15) is 18.0 Å². The summed E-state index contributed by atoms with van der Waals surface area (Å²) < 4.78 is 39.0. The number of rotatable bonds is 2. The number of nitrogens with zero attached hydrogens (tertiary/aromatic N) is 1. The first-order valence-corrected chi connectivity index (χ1v) is 6.75. The lowest BCUT2D eigenvalue weighted by Crippen LogP contribution is -2.18. The number of halogens is 5. The number of alkyl halides is 3. The SMILES string of the molecule is O=C(Nc1cnc(Cl)c(Br)c1)c1ccccc1C(F)(F)F. The number of benzene rings is 1. The predicted octanol–water partition coefficient (Wildman–Crippen LogP) is 4.77. The van der Waals surface area contributed by atoms with Crippen molar-refractivity contribution >= 4 is 39.1 Å². The Morgan fingerprint density at radius 3 is 2.57 bits per heavy atom. The summed E-state index contributed by atoms with van der Waals surface area (Å²) in [5.41, 5.74) is -1.23. The van der Waals surface area contributed by atoms with E-state index in [1.165, 1.54) is 24.4 Å². The molecule has 0 aliphatic rings. The number of pyridine rings is 1. The number of nitrogens with one attached hydrogen (secondary N) is 1. The van der Waals surface area contributed by atoms with Gasteiger partial charge in [0.1, 0.15) is 5.15 Å². The topological polar surface area (TPSA) is 42.0 Å². The van der Waals surface area contributed by atoms with E-state index in [0.29, 0.717) is 4.47 Å². The summed E-state index contributed by atoms with van der Waals surface area (Å²) in [6.45, 7) is 0. The van der Waals surface area contributed by atoms with E-state index in [1.54, 1.807) is 0 Å². The molecule has 2 rings (SSSR count). The molecule has 0 aliphatic carbocycles. The minimum atomic E-state index is -4.60. The Labute approximate surface area is 131 Å². The summed E-state index contributed by atoms with van der Waals surface area (Å²) in [6.07, 6.45) is -3.35. The highest BCUT2D eigenvalue weighted by Crippen LogP contribution is 2.32. The summed E-state index contributed by atoms with van der Waals surface area (Å²) in [6, 6.07) is 5.99. The fourth-order valence-corrected chi connectivity index (χ4v) is 2.07. The minimum Gasteiger partial charge on any atom is -0.321 e. The van der Waals surface area contributed by atoms with Gasteiger partial charge in [-0.1, -0.05) is 23.7 Å². The van der Waals surface area contributed by atoms with Gasteiger partial charge in [-0.25, -0.2) is 4.98 Å². The third-order valence-corrected chi connectivity index (χ3v) is 3.67. The van der Waals surface area contributed by atoms with E-state index < -0.39 is 23.2 Å². The van der Waals surface area contributed by atoms with Crippen LogP contribution in [0.1, 0.15) is 15.9 Å². The molecule has 0 radical (unpaired) electrons. The minimum absolute atomic E-state index is 0.184. The summed E-state index contributed by atoms with van der Waals surface area (Å²) >= 11 is 8.81. The van der Waals surface area contributed by atoms with Crippen molar-refractivity contribution < 1.29 is 18.0 Å². The van der Waals surface area contributed by atoms with Crippen LogP contribution in [-0.4, -0.2) is 10.9 Å². The van der Waals surface area contributed by atoms with Crippen LogP contribution in [0.25, 0.3) is 0 Å². The van der Waals surface area contributed by atoms with Crippen LogP contribution in [0.5, 0.6) is 0 Å². The summed E-state index contributed by atoms with van der Waals surface area (Å²) in [5, 5.41) is 2.53. The molecular formula is C13H7BrClF3N2O. The van der Waals surface area contributed by atoms with Gasteiger partial charge < -0.3 is 5.32 Å². The van der Waals surface area contributed by atoms with E-state index in [4.69, 9.17) is 11.6 Å². The Bertz CT molecular complexity index is 691. The molecule has 110 valence electrons. The van der Waals surface area contributed by atoms with Crippen LogP contribution >= 0.6 is 27.5 Å². The highest BCUT2D eigenvalue weighted by Gasteiger charge is 2.34. The zero-order valence-electron chi connectivity index (χ0n) is 10.2. The summed E-state index contributed by atoms with van der Waals surface area (Å²) in [5.74, 6) is -0.876. The highest BCUT2D eigenvalue weighted by molar-refractivity contribution is 9.10. The molecule has 8 heteroatoms. The predicted molar refractivity (Wildman–Crippen MR) is 76.3 cm³/mol. The molecule has 1 N–H and O–H groups in total. The molecule has 0 unspecified atom stereocenters. The van der Waals surface area contributed by atoms with Crippen molar-refractivity contribution in [2.45, 2.75) is 6.18 Å². The van der Waals surface area contributed by atoms with Gasteiger partial charge in [0.15, 0.2) is 0 Å². The van der Waals surface area contributed by atoms with Gasteiger partial charge in [-0.05, 0) is 34.1 Å². The number of hydrogen-bond acceptors (Lipinski definition) is 2. The van der Waals surface area contributed by atoms with Gasteiger partial charge in [0.2, 0.25) is 0 Å². The van der Waals surface area contributed by atoms with Gasteiger partial charge in [-0.3, -0.25) is 4.79 Å². The average Bonchev–Trinajstić information content (AvgIpc) is 2.42. The standard InChI is InChI=1S/C13H7BrClF3N2O/c14-10-5-7(6-19-11(10)15)20-12(21)8-3-1-2-4-9(8)13(16,17)18/h1-6H,(H,20,21). The van der Waals surface area contributed by atoms with Crippen molar-refractivity contribution in [1.82, 2.24) is 4.98 Å². The molecule has 2 aromatic rings. The Morgan fingerprint density at radius 1 is 1.29 bits per heavy atom. The molecule has 0 fully saturated rings. The second-order valence-corrected chi connectivity index (χ2v) is 5.21. The molecule has 21 heavy (non-hydrogen) atoms. The summed E-state index contributed by atoms with van der Waals surface area (Å²) in [7, 11) is 0. The molecule has 0 spiro atoms. The van der Waals surface area contributed by atoms with Crippen molar-refractivity contribution in [3.63, 3.8) is 0 Å². The van der Waals surface area contributed by atoms with Gasteiger partial charge in [0.05, 0.1) is 27.5 Å². The van der Waals surface area contributed by atoms with Crippen molar-refractivity contribution in [2.24, 2.45) is 0 Å². The Morgan fingerprint density at radius 2 is 1.95 bits per heavy atom. The largest absolute Gasteiger partial charge is 0.417 e. The molecule has 0 saturated carbocycles. The van der Waals surface area contributed by atoms with Crippen molar-refractivity contribution in [2.75, 3.05) is 5.32 Å². The second-order valence-electron chi connectivity index (χ2n) is 3.99. The van der Waals surface area contributed by atoms with Gasteiger partial charge >= 0.3 is 6.18 Å². The maximum Gasteiger partial charge on any atom is 0.417 e. The molecule has 1 aromatic carbocycles. The maximum absolute atomic E-state index is 12.8. The number of carbonyl (C=O) groups excluding carboxylic acids is 1. The van der Waals surface area contributed by atoms with Crippen LogP contribution in [0.3, 0.4) is 0 Å². The first-order chi connectivity index (χ1) is 9.79. The number of hydrogen-bond donors (Lipinski definition) is 1. The van der Waals surface area contributed by atoms with Crippen LogP contribution in [0.2, 0.25) is 5.15 Å². The Balaban J connectivity index is 2.31. The quantitative estimate of drug-likeness (QED) is 0.764. The first kappa shape index (κ1) is 15.8. The average molecular weight is 380 g/mol. The molecule has 1 aromatic heterocycles. The lowest BCUT2D eigenvalue weighted by Gasteiger charge is -2.12. The fraction of sp³-hybridized carbons (Fsp3) is 0.0769. The third-order valence-electron chi connectivity index (χ3n) is 2.53. The van der Waals surface area contributed by atoms with E-state index in [0.717, 1.165) is 12.1 Å². The van der Waals surface area contributed by atoms with Crippen molar-refractivity contribution in [1.29, 1.82) is 0 Å². The molecule has 0 bridgehead atoms. The lowest BCUT2D eigenvalue weighted by atomic mass is 10.1. The number of carbonyl (C=O) groups is 1. The van der Waals surface area contributed by atoms with Crippen LogP contribution in [0, 0.1) is 0 Å². The van der Waals surface area contributed by atoms with Crippen LogP contribution in [0.4, 0.5) is 18.9 Å². The molecule has 1 amide bonds. The van der Waals surface area contributed by atoms with Gasteiger partial charge in [-0.2, -0.15) is 13.2 Å². The molecular weight excluding hydrogens is 373 g/mol.